The lowest BCUT2D eigenvalue weighted by molar-refractivity contribution is -0.383. The first-order chi connectivity index (χ1) is 11.5. The highest BCUT2D eigenvalue weighted by Gasteiger charge is 2.24. The van der Waals surface area contributed by atoms with Gasteiger partial charge in [-0.2, -0.15) is 0 Å². The third-order valence-electron chi connectivity index (χ3n) is 3.63. The first kappa shape index (κ1) is 17.7. The molecule has 1 N–H and O–H groups in total. The number of aromatic nitrogens is 1. The Morgan fingerprint density at radius 2 is 2.04 bits per heavy atom. The van der Waals surface area contributed by atoms with E-state index in [9.17, 15) is 10.1 Å². The van der Waals surface area contributed by atoms with Crippen molar-refractivity contribution in [3.63, 3.8) is 0 Å². The summed E-state index contributed by atoms with van der Waals surface area (Å²) in [6.07, 6.45) is 1.56. The number of pyridine rings is 1. The predicted octanol–water partition coefficient (Wildman–Crippen LogP) is 3.42. The molecule has 7 nitrogen and oxygen atoms in total. The second-order valence-corrected chi connectivity index (χ2v) is 5.49. The maximum Gasteiger partial charge on any atom is 0.319 e. The first-order valence-corrected chi connectivity index (χ1v) is 7.51. The highest BCUT2D eigenvalue weighted by molar-refractivity contribution is 5.82. The van der Waals surface area contributed by atoms with E-state index in [0.717, 1.165) is 11.1 Å². The van der Waals surface area contributed by atoms with Crippen molar-refractivity contribution in [1.29, 1.82) is 0 Å². The average molecular weight is 331 g/mol. The summed E-state index contributed by atoms with van der Waals surface area (Å²) in [7, 11) is 3.17. The number of anilines is 1. The van der Waals surface area contributed by atoms with Gasteiger partial charge in [-0.05, 0) is 43.2 Å². The quantitative estimate of drug-likeness (QED) is 0.618. The summed E-state index contributed by atoms with van der Waals surface area (Å²) >= 11 is 0. The molecular weight excluding hydrogens is 310 g/mol. The van der Waals surface area contributed by atoms with Crippen molar-refractivity contribution in [2.75, 3.05) is 26.1 Å². The van der Waals surface area contributed by atoms with Crippen molar-refractivity contribution in [2.24, 2.45) is 0 Å². The van der Waals surface area contributed by atoms with Gasteiger partial charge in [0, 0.05) is 19.3 Å². The fraction of sp³-hybridized carbons (Fsp3) is 0.353. The van der Waals surface area contributed by atoms with Crippen LogP contribution in [0.3, 0.4) is 0 Å². The zero-order chi connectivity index (χ0) is 17.7. The van der Waals surface area contributed by atoms with Gasteiger partial charge in [0.05, 0.1) is 24.2 Å². The van der Waals surface area contributed by atoms with Crippen LogP contribution in [0.25, 0.3) is 11.1 Å². The van der Waals surface area contributed by atoms with E-state index in [1.54, 1.807) is 32.5 Å². The lowest BCUT2D eigenvalue weighted by Gasteiger charge is -2.15. The molecule has 0 saturated carbocycles. The molecule has 0 aliphatic heterocycles. The molecule has 0 spiro atoms. The molecule has 1 aromatic carbocycles. The second-order valence-electron chi connectivity index (χ2n) is 5.49. The number of ether oxygens (including phenoxy) is 2. The van der Waals surface area contributed by atoms with Crippen LogP contribution in [-0.2, 0) is 4.74 Å². The van der Waals surface area contributed by atoms with Crippen molar-refractivity contribution < 1.29 is 14.4 Å². The van der Waals surface area contributed by atoms with Crippen LogP contribution in [0.15, 0.2) is 30.5 Å². The molecule has 0 radical (unpaired) electrons. The molecule has 0 amide bonds. The topological polar surface area (TPSA) is 86.5 Å². The van der Waals surface area contributed by atoms with Crippen LogP contribution in [-0.4, -0.2) is 36.8 Å². The summed E-state index contributed by atoms with van der Waals surface area (Å²) in [6.45, 7) is 4.19. The highest BCUT2D eigenvalue weighted by atomic mass is 16.6. The van der Waals surface area contributed by atoms with Gasteiger partial charge in [0.2, 0.25) is 5.82 Å². The number of methoxy groups -OCH3 is 2. The van der Waals surface area contributed by atoms with E-state index in [2.05, 4.69) is 10.3 Å². The van der Waals surface area contributed by atoms with Gasteiger partial charge in [-0.1, -0.05) is 6.07 Å². The van der Waals surface area contributed by atoms with Gasteiger partial charge in [0.1, 0.15) is 5.75 Å². The van der Waals surface area contributed by atoms with E-state index in [4.69, 9.17) is 9.47 Å². The van der Waals surface area contributed by atoms with Crippen LogP contribution in [0.4, 0.5) is 11.5 Å². The summed E-state index contributed by atoms with van der Waals surface area (Å²) in [6, 6.07) is 7.00. The molecule has 0 aliphatic rings. The summed E-state index contributed by atoms with van der Waals surface area (Å²) in [5, 5.41) is 14.7. The minimum Gasteiger partial charge on any atom is -0.497 e. The Morgan fingerprint density at radius 3 is 2.62 bits per heavy atom. The maximum absolute atomic E-state index is 11.7. The molecule has 24 heavy (non-hydrogen) atoms. The van der Waals surface area contributed by atoms with Crippen molar-refractivity contribution in [2.45, 2.75) is 19.9 Å². The number of nitrogens with zero attached hydrogens (tertiary/aromatic N) is 2. The Labute approximate surface area is 140 Å². The van der Waals surface area contributed by atoms with Crippen LogP contribution in [0.2, 0.25) is 0 Å². The van der Waals surface area contributed by atoms with E-state index >= 15 is 0 Å². The molecule has 7 heteroatoms. The Hall–Kier alpha value is -2.67. The van der Waals surface area contributed by atoms with E-state index < -0.39 is 4.92 Å². The molecule has 0 fully saturated rings. The minimum absolute atomic E-state index is 0.0475. The molecule has 0 bridgehead atoms. The molecule has 0 aliphatic carbocycles. The maximum atomic E-state index is 11.7. The molecule has 2 aromatic rings. The molecule has 0 saturated heterocycles. The van der Waals surface area contributed by atoms with Crippen molar-refractivity contribution in [3.8, 4) is 16.9 Å². The zero-order valence-electron chi connectivity index (χ0n) is 14.2. The molecule has 1 unspecified atom stereocenters. The third kappa shape index (κ3) is 3.80. The number of benzene rings is 1. The summed E-state index contributed by atoms with van der Waals surface area (Å²) in [5.74, 6) is 0.942. The summed E-state index contributed by atoms with van der Waals surface area (Å²) in [5.41, 5.74) is 2.13. The smallest absolute Gasteiger partial charge is 0.319 e. The van der Waals surface area contributed by atoms with Crippen LogP contribution >= 0.6 is 0 Å². The van der Waals surface area contributed by atoms with E-state index in [-0.39, 0.29) is 17.5 Å². The predicted molar refractivity (Wildman–Crippen MR) is 92.6 cm³/mol. The second kappa shape index (κ2) is 7.74. The van der Waals surface area contributed by atoms with E-state index in [0.29, 0.717) is 17.9 Å². The lowest BCUT2D eigenvalue weighted by atomic mass is 9.99. The van der Waals surface area contributed by atoms with Crippen LogP contribution in [0.5, 0.6) is 5.75 Å². The Balaban J connectivity index is 2.52. The largest absolute Gasteiger partial charge is 0.497 e. The molecular formula is C17H21N3O4. The van der Waals surface area contributed by atoms with Gasteiger partial charge in [-0.15, -0.1) is 0 Å². The van der Waals surface area contributed by atoms with Crippen LogP contribution in [0, 0.1) is 17.0 Å². The monoisotopic (exact) mass is 331 g/mol. The molecule has 2 rings (SSSR count). The molecule has 1 atom stereocenters. The van der Waals surface area contributed by atoms with Gasteiger partial charge >= 0.3 is 5.69 Å². The first-order valence-electron chi connectivity index (χ1n) is 7.51. The lowest BCUT2D eigenvalue weighted by Crippen LogP contribution is -2.22. The number of nitrogens with one attached hydrogen (secondary N) is 1. The third-order valence-corrected chi connectivity index (χ3v) is 3.63. The fourth-order valence-electron chi connectivity index (χ4n) is 2.55. The summed E-state index contributed by atoms with van der Waals surface area (Å²) < 4.78 is 10.3. The molecule has 128 valence electrons. The molecule has 1 heterocycles. The van der Waals surface area contributed by atoms with Crippen LogP contribution < -0.4 is 10.1 Å². The number of nitro groups is 1. The van der Waals surface area contributed by atoms with Gasteiger partial charge in [0.15, 0.2) is 0 Å². The zero-order valence-corrected chi connectivity index (χ0v) is 14.2. The SMILES string of the molecule is COCC(C)Nc1nccc(-c2ccc(OC)cc2C)c1[N+](=O)[O-]. The summed E-state index contributed by atoms with van der Waals surface area (Å²) in [4.78, 5) is 15.4. The van der Waals surface area contributed by atoms with Crippen molar-refractivity contribution >= 4 is 11.5 Å². The number of hydrogen-bond acceptors (Lipinski definition) is 6. The van der Waals surface area contributed by atoms with Crippen LogP contribution in [0.1, 0.15) is 12.5 Å². The normalized spacial score (nSPS) is 11.8. The van der Waals surface area contributed by atoms with Gasteiger partial charge in [-0.25, -0.2) is 4.98 Å². The van der Waals surface area contributed by atoms with Gasteiger partial charge in [0.25, 0.3) is 0 Å². The Kier molecular flexibility index (Phi) is 5.70. The average Bonchev–Trinajstić information content (AvgIpc) is 2.54. The highest BCUT2D eigenvalue weighted by Crippen LogP contribution is 2.37. The standard InChI is InChI=1S/C17H21N3O4/c1-11-9-13(24-4)5-6-14(11)15-7-8-18-17(16(15)20(21)22)19-12(2)10-23-3/h5-9,12H,10H2,1-4H3,(H,18,19). The van der Waals surface area contributed by atoms with E-state index in [1.807, 2.05) is 26.0 Å². The number of rotatable bonds is 7. The van der Waals surface area contributed by atoms with Gasteiger partial charge < -0.3 is 14.8 Å². The Morgan fingerprint density at radius 1 is 1.29 bits per heavy atom. The van der Waals surface area contributed by atoms with Crippen molar-refractivity contribution in [3.05, 3.63) is 46.1 Å². The number of hydrogen-bond donors (Lipinski definition) is 1. The fourth-order valence-corrected chi connectivity index (χ4v) is 2.55. The van der Waals surface area contributed by atoms with Crippen molar-refractivity contribution in [1.82, 2.24) is 4.98 Å². The van der Waals surface area contributed by atoms with Gasteiger partial charge in [-0.3, -0.25) is 10.1 Å². The number of aryl methyl sites for hydroxylation is 1. The minimum atomic E-state index is -0.409. The Bertz CT molecular complexity index is 734. The molecule has 1 aromatic heterocycles. The van der Waals surface area contributed by atoms with E-state index in [1.165, 1.54) is 0 Å².